The van der Waals surface area contributed by atoms with Crippen LogP contribution >= 0.6 is 11.3 Å². The molecule has 28 heavy (non-hydrogen) atoms. The highest BCUT2D eigenvalue weighted by molar-refractivity contribution is 7.20. The molecule has 146 valence electrons. The molecule has 0 N–H and O–H groups in total. The van der Waals surface area contributed by atoms with Crippen LogP contribution in [0.25, 0.3) is 10.1 Å². The monoisotopic (exact) mass is 405 g/mol. The molecule has 0 unspecified atom stereocenters. The van der Waals surface area contributed by atoms with E-state index in [1.54, 1.807) is 18.2 Å². The number of hydrogen-bond donors (Lipinski definition) is 0. The second-order valence-corrected chi connectivity index (χ2v) is 7.14. The average Bonchev–Trinajstić information content (AvgIpc) is 3.12. The Morgan fingerprint density at radius 1 is 1.11 bits per heavy atom. The van der Waals surface area contributed by atoms with Crippen LogP contribution in [0.1, 0.15) is 15.2 Å². The van der Waals surface area contributed by atoms with Crippen LogP contribution in [0.3, 0.4) is 0 Å². The van der Waals surface area contributed by atoms with Crippen molar-refractivity contribution in [1.29, 1.82) is 0 Å². The summed E-state index contributed by atoms with van der Waals surface area (Å²) >= 11 is 1.09. The fourth-order valence-corrected chi connectivity index (χ4v) is 3.57. The van der Waals surface area contributed by atoms with E-state index in [-0.39, 0.29) is 17.2 Å². The Morgan fingerprint density at radius 3 is 2.57 bits per heavy atom. The van der Waals surface area contributed by atoms with Crippen LogP contribution in [0.15, 0.2) is 42.5 Å². The lowest BCUT2D eigenvalue weighted by molar-refractivity contribution is -0.133. The third-order valence-electron chi connectivity index (χ3n) is 4.10. The van der Waals surface area contributed by atoms with Crippen LogP contribution in [-0.4, -0.2) is 37.5 Å². The molecule has 0 saturated heterocycles. The van der Waals surface area contributed by atoms with E-state index in [9.17, 15) is 18.4 Å². The van der Waals surface area contributed by atoms with Crippen molar-refractivity contribution < 1.29 is 27.8 Å². The second kappa shape index (κ2) is 8.35. The van der Waals surface area contributed by atoms with E-state index in [4.69, 9.17) is 9.47 Å². The van der Waals surface area contributed by atoms with E-state index in [1.807, 2.05) is 0 Å². The van der Waals surface area contributed by atoms with E-state index in [1.165, 1.54) is 43.3 Å². The number of benzene rings is 2. The predicted octanol–water partition coefficient (Wildman–Crippen LogP) is 4.00. The van der Waals surface area contributed by atoms with Gasteiger partial charge in [-0.15, -0.1) is 11.3 Å². The van der Waals surface area contributed by atoms with E-state index in [2.05, 4.69) is 0 Å². The number of halogens is 2. The molecule has 0 saturated carbocycles. The molecule has 0 aliphatic heterocycles. The Hall–Kier alpha value is -3.00. The Kier molecular flexibility index (Phi) is 5.89. The molecule has 1 heterocycles. The maximum atomic E-state index is 13.7. The number of rotatable bonds is 6. The molecule has 0 aliphatic carbocycles. The van der Waals surface area contributed by atoms with Gasteiger partial charge in [0.15, 0.2) is 18.2 Å². The topological polar surface area (TPSA) is 55.8 Å². The molecule has 1 aromatic heterocycles. The van der Waals surface area contributed by atoms with Gasteiger partial charge in [0, 0.05) is 23.7 Å². The first kappa shape index (κ1) is 19.8. The minimum atomic E-state index is -0.696. The molecule has 0 atom stereocenters. The summed E-state index contributed by atoms with van der Waals surface area (Å²) in [5.74, 6) is -1.97. The van der Waals surface area contributed by atoms with E-state index in [0.29, 0.717) is 15.6 Å². The van der Waals surface area contributed by atoms with Crippen molar-refractivity contribution in [2.24, 2.45) is 0 Å². The van der Waals surface area contributed by atoms with E-state index < -0.39 is 30.1 Å². The Labute approximate surface area is 164 Å². The molecule has 0 bridgehead atoms. The van der Waals surface area contributed by atoms with Crippen molar-refractivity contribution in [3.63, 3.8) is 0 Å². The Bertz CT molecular complexity index is 1030. The molecule has 8 heteroatoms. The van der Waals surface area contributed by atoms with Gasteiger partial charge in [-0.25, -0.2) is 13.6 Å². The number of ether oxygens (including phenoxy) is 2. The quantitative estimate of drug-likeness (QED) is 0.582. The smallest absolute Gasteiger partial charge is 0.348 e. The number of nitrogens with zero attached hydrogens (tertiary/aromatic N) is 1. The molecule has 0 spiro atoms. The lowest BCUT2D eigenvalue weighted by Gasteiger charge is -2.17. The zero-order chi connectivity index (χ0) is 20.3. The van der Waals surface area contributed by atoms with Crippen molar-refractivity contribution in [3.8, 4) is 5.75 Å². The lowest BCUT2D eigenvalue weighted by atomic mass is 10.2. The van der Waals surface area contributed by atoms with Crippen LogP contribution in [0.5, 0.6) is 5.75 Å². The predicted molar refractivity (Wildman–Crippen MR) is 101 cm³/mol. The molecule has 5 nitrogen and oxygen atoms in total. The van der Waals surface area contributed by atoms with Gasteiger partial charge in [0.1, 0.15) is 10.7 Å². The zero-order valence-electron chi connectivity index (χ0n) is 15.2. The summed E-state index contributed by atoms with van der Waals surface area (Å²) in [4.78, 5) is 25.9. The fraction of sp³-hybridized carbons (Fsp3) is 0.200. The standard InChI is InChI=1S/C20H17F2NO4S/c1-23(10-12-6-7-16(26-2)15(22)8-12)19(24)11-27-20(25)18-9-13-14(21)4-3-5-17(13)28-18/h3-9H,10-11H2,1-2H3. The van der Waals surface area contributed by atoms with E-state index >= 15 is 0 Å². The third kappa shape index (κ3) is 4.28. The number of esters is 1. The van der Waals surface area contributed by atoms with Gasteiger partial charge in [0.2, 0.25) is 0 Å². The molecular formula is C20H17F2NO4S. The van der Waals surface area contributed by atoms with Crippen molar-refractivity contribution in [1.82, 2.24) is 4.90 Å². The summed E-state index contributed by atoms with van der Waals surface area (Å²) in [6.07, 6.45) is 0. The number of thiophene rings is 1. The second-order valence-electron chi connectivity index (χ2n) is 6.06. The van der Waals surface area contributed by atoms with Gasteiger partial charge in [-0.3, -0.25) is 4.79 Å². The molecule has 0 fully saturated rings. The number of carbonyl (C=O) groups is 2. The van der Waals surface area contributed by atoms with Crippen molar-refractivity contribution >= 4 is 33.3 Å². The van der Waals surface area contributed by atoms with Crippen LogP contribution in [0.2, 0.25) is 0 Å². The van der Waals surface area contributed by atoms with Gasteiger partial charge in [-0.2, -0.15) is 0 Å². The first-order chi connectivity index (χ1) is 13.4. The van der Waals surface area contributed by atoms with E-state index in [0.717, 1.165) is 11.3 Å². The maximum Gasteiger partial charge on any atom is 0.348 e. The minimum absolute atomic E-state index is 0.117. The average molecular weight is 405 g/mol. The van der Waals surface area contributed by atoms with Gasteiger partial charge in [-0.05, 0) is 35.9 Å². The largest absolute Gasteiger partial charge is 0.494 e. The summed E-state index contributed by atoms with van der Waals surface area (Å²) in [5.41, 5.74) is 0.570. The number of fused-ring (bicyclic) bond motifs is 1. The number of amides is 1. The van der Waals surface area contributed by atoms with Gasteiger partial charge in [-0.1, -0.05) is 12.1 Å². The summed E-state index contributed by atoms with van der Waals surface area (Å²) < 4.78 is 38.0. The van der Waals surface area contributed by atoms with Crippen molar-refractivity contribution in [3.05, 3.63) is 64.5 Å². The summed E-state index contributed by atoms with van der Waals surface area (Å²) in [6, 6.07) is 10.4. The third-order valence-corrected chi connectivity index (χ3v) is 5.18. The molecule has 0 aliphatic rings. The van der Waals surface area contributed by atoms with Gasteiger partial charge in [0.05, 0.1) is 7.11 Å². The number of methoxy groups -OCH3 is 1. The highest BCUT2D eigenvalue weighted by Crippen LogP contribution is 2.28. The molecule has 1 amide bonds. The summed E-state index contributed by atoms with van der Waals surface area (Å²) in [5, 5.41) is 0.337. The van der Waals surface area contributed by atoms with Gasteiger partial charge >= 0.3 is 5.97 Å². The van der Waals surface area contributed by atoms with Crippen LogP contribution in [0.4, 0.5) is 8.78 Å². The zero-order valence-corrected chi connectivity index (χ0v) is 16.0. The summed E-state index contributed by atoms with van der Waals surface area (Å²) in [6.45, 7) is -0.323. The SMILES string of the molecule is COc1ccc(CN(C)C(=O)COC(=O)c2cc3c(F)cccc3s2)cc1F. The van der Waals surface area contributed by atoms with Gasteiger partial charge < -0.3 is 14.4 Å². The van der Waals surface area contributed by atoms with Crippen LogP contribution in [0, 0.1) is 11.6 Å². The maximum absolute atomic E-state index is 13.7. The molecule has 2 aromatic carbocycles. The molecule has 3 aromatic rings. The molecule has 3 rings (SSSR count). The molecule has 0 radical (unpaired) electrons. The van der Waals surface area contributed by atoms with Gasteiger partial charge in [0.25, 0.3) is 5.91 Å². The van der Waals surface area contributed by atoms with Crippen molar-refractivity contribution in [2.75, 3.05) is 20.8 Å². The normalized spacial score (nSPS) is 10.7. The number of carbonyl (C=O) groups excluding carboxylic acids is 2. The van der Waals surface area contributed by atoms with Crippen LogP contribution < -0.4 is 4.74 Å². The first-order valence-corrected chi connectivity index (χ1v) is 9.12. The Morgan fingerprint density at radius 2 is 1.89 bits per heavy atom. The number of hydrogen-bond acceptors (Lipinski definition) is 5. The number of likely N-dealkylation sites (N-methyl/N-ethyl adjacent to an activating group) is 1. The van der Waals surface area contributed by atoms with Crippen LogP contribution in [-0.2, 0) is 16.1 Å². The highest BCUT2D eigenvalue weighted by Gasteiger charge is 2.17. The first-order valence-electron chi connectivity index (χ1n) is 8.30. The molecular weight excluding hydrogens is 388 g/mol. The Balaban J connectivity index is 1.58. The van der Waals surface area contributed by atoms with Crippen molar-refractivity contribution in [2.45, 2.75) is 6.54 Å². The highest BCUT2D eigenvalue weighted by atomic mass is 32.1. The summed E-state index contributed by atoms with van der Waals surface area (Å²) in [7, 11) is 2.89. The fourth-order valence-electron chi connectivity index (χ4n) is 2.60. The minimum Gasteiger partial charge on any atom is -0.494 e. The lowest BCUT2D eigenvalue weighted by Crippen LogP contribution is -2.30.